The van der Waals surface area contributed by atoms with Gasteiger partial charge in [-0.05, 0) is 19.1 Å². The van der Waals surface area contributed by atoms with Crippen molar-refractivity contribution in [1.82, 2.24) is 15.3 Å². The molecule has 5 heteroatoms. The largest absolute Gasteiger partial charge is 0.310 e. The lowest BCUT2D eigenvalue weighted by Gasteiger charge is -1.99. The first-order chi connectivity index (χ1) is 9.31. The molecule has 0 aliphatic carbocycles. The summed E-state index contributed by atoms with van der Waals surface area (Å²) in [4.78, 5) is 9.06. The van der Waals surface area contributed by atoms with Crippen molar-refractivity contribution in [1.29, 1.82) is 0 Å². The minimum absolute atomic E-state index is 0.836. The summed E-state index contributed by atoms with van der Waals surface area (Å²) >= 11 is 3.47. The molecule has 1 N–H and O–H groups in total. The van der Waals surface area contributed by atoms with E-state index in [1.807, 2.05) is 13.0 Å². The maximum atomic E-state index is 4.60. The van der Waals surface area contributed by atoms with Crippen molar-refractivity contribution in [2.24, 2.45) is 0 Å². The maximum absolute atomic E-state index is 4.60. The number of thiazole rings is 2. The molecule has 19 heavy (non-hydrogen) atoms. The summed E-state index contributed by atoms with van der Waals surface area (Å²) in [5.41, 5.74) is 2.28. The van der Waals surface area contributed by atoms with Crippen LogP contribution in [0.5, 0.6) is 0 Å². The molecular weight excluding hydrogens is 274 g/mol. The van der Waals surface area contributed by atoms with Crippen LogP contribution in [-0.2, 0) is 13.0 Å². The highest BCUT2D eigenvalue weighted by atomic mass is 32.1. The highest BCUT2D eigenvalue weighted by molar-refractivity contribution is 7.18. The highest BCUT2D eigenvalue weighted by Gasteiger charge is 2.03. The first-order valence-electron chi connectivity index (χ1n) is 6.27. The third-order valence-corrected chi connectivity index (χ3v) is 4.70. The summed E-state index contributed by atoms with van der Waals surface area (Å²) in [5.74, 6) is 0. The Morgan fingerprint density at radius 1 is 1.21 bits per heavy atom. The molecule has 0 fully saturated rings. The van der Waals surface area contributed by atoms with E-state index in [2.05, 4.69) is 38.9 Å². The Bertz CT molecular complexity index is 639. The zero-order valence-corrected chi connectivity index (χ0v) is 12.4. The molecule has 0 unspecified atom stereocenters. The van der Waals surface area contributed by atoms with Gasteiger partial charge in [0.05, 0.1) is 20.9 Å². The molecule has 0 bridgehead atoms. The molecule has 98 valence electrons. The topological polar surface area (TPSA) is 37.8 Å². The molecule has 0 aliphatic rings. The normalized spacial score (nSPS) is 11.2. The SMILES string of the molecule is Cc1nc(CCNCc2nc3ccccc3s2)cs1. The van der Waals surface area contributed by atoms with E-state index < -0.39 is 0 Å². The predicted molar refractivity (Wildman–Crippen MR) is 81.9 cm³/mol. The number of para-hydroxylation sites is 1. The fourth-order valence-electron chi connectivity index (χ4n) is 1.93. The Kier molecular flexibility index (Phi) is 3.87. The summed E-state index contributed by atoms with van der Waals surface area (Å²) in [6.45, 7) is 3.82. The average Bonchev–Trinajstić information content (AvgIpc) is 3.00. The molecule has 3 nitrogen and oxygen atoms in total. The van der Waals surface area contributed by atoms with Gasteiger partial charge in [-0.15, -0.1) is 22.7 Å². The Hall–Kier alpha value is -1.30. The first kappa shape index (κ1) is 12.7. The second kappa shape index (κ2) is 5.77. The third-order valence-electron chi connectivity index (χ3n) is 2.84. The van der Waals surface area contributed by atoms with Crippen molar-refractivity contribution >= 4 is 32.9 Å². The Morgan fingerprint density at radius 2 is 2.11 bits per heavy atom. The number of aryl methyl sites for hydroxylation is 1. The van der Waals surface area contributed by atoms with Gasteiger partial charge in [-0.2, -0.15) is 0 Å². The van der Waals surface area contributed by atoms with Crippen molar-refractivity contribution < 1.29 is 0 Å². The molecule has 2 heterocycles. The molecule has 0 atom stereocenters. The van der Waals surface area contributed by atoms with Gasteiger partial charge in [0.25, 0.3) is 0 Å². The predicted octanol–water partition coefficient (Wildman–Crippen LogP) is 3.39. The van der Waals surface area contributed by atoms with Gasteiger partial charge in [0.15, 0.2) is 0 Å². The summed E-state index contributed by atoms with van der Waals surface area (Å²) in [6.07, 6.45) is 0.981. The summed E-state index contributed by atoms with van der Waals surface area (Å²) in [7, 11) is 0. The third kappa shape index (κ3) is 3.18. The molecule has 2 aromatic heterocycles. The molecule has 0 saturated heterocycles. The number of fused-ring (bicyclic) bond motifs is 1. The average molecular weight is 289 g/mol. The van der Waals surface area contributed by atoms with E-state index in [-0.39, 0.29) is 0 Å². The van der Waals surface area contributed by atoms with Gasteiger partial charge in [0, 0.05) is 24.9 Å². The monoisotopic (exact) mass is 289 g/mol. The Morgan fingerprint density at radius 3 is 2.89 bits per heavy atom. The number of hydrogen-bond acceptors (Lipinski definition) is 5. The minimum Gasteiger partial charge on any atom is -0.310 e. The molecular formula is C14H15N3S2. The van der Waals surface area contributed by atoms with Crippen LogP contribution in [0.2, 0.25) is 0 Å². The lowest BCUT2D eigenvalue weighted by atomic mass is 10.3. The number of rotatable bonds is 5. The number of hydrogen-bond donors (Lipinski definition) is 1. The van der Waals surface area contributed by atoms with Gasteiger partial charge in [0.1, 0.15) is 5.01 Å². The van der Waals surface area contributed by atoms with Crippen molar-refractivity contribution in [3.63, 3.8) is 0 Å². The number of aromatic nitrogens is 2. The molecule has 0 amide bonds. The van der Waals surface area contributed by atoms with Crippen LogP contribution in [0.15, 0.2) is 29.6 Å². The van der Waals surface area contributed by atoms with Crippen molar-refractivity contribution in [3.05, 3.63) is 45.4 Å². The van der Waals surface area contributed by atoms with Crippen molar-refractivity contribution in [3.8, 4) is 0 Å². The fourth-order valence-corrected chi connectivity index (χ4v) is 3.51. The van der Waals surface area contributed by atoms with Gasteiger partial charge < -0.3 is 5.32 Å². The Balaban J connectivity index is 1.52. The molecule has 3 aromatic rings. The van der Waals surface area contributed by atoms with Crippen LogP contribution in [0.1, 0.15) is 15.7 Å². The van der Waals surface area contributed by atoms with Crippen LogP contribution in [-0.4, -0.2) is 16.5 Å². The number of benzene rings is 1. The first-order valence-corrected chi connectivity index (χ1v) is 7.97. The summed E-state index contributed by atoms with van der Waals surface area (Å²) in [6, 6.07) is 8.27. The molecule has 3 rings (SSSR count). The lowest BCUT2D eigenvalue weighted by molar-refractivity contribution is 0.679. The van der Waals surface area contributed by atoms with Crippen LogP contribution >= 0.6 is 22.7 Å². The highest BCUT2D eigenvalue weighted by Crippen LogP contribution is 2.21. The van der Waals surface area contributed by atoms with Crippen LogP contribution < -0.4 is 5.32 Å². The second-order valence-corrected chi connectivity index (χ2v) is 6.54. The fraction of sp³-hybridized carbons (Fsp3) is 0.286. The van der Waals surface area contributed by atoms with Crippen LogP contribution in [0.25, 0.3) is 10.2 Å². The van der Waals surface area contributed by atoms with Crippen molar-refractivity contribution in [2.45, 2.75) is 19.9 Å². The van der Waals surface area contributed by atoms with E-state index in [1.165, 1.54) is 10.4 Å². The lowest BCUT2D eigenvalue weighted by Crippen LogP contribution is -2.16. The van der Waals surface area contributed by atoms with Crippen LogP contribution in [0.4, 0.5) is 0 Å². The molecule has 0 radical (unpaired) electrons. The smallest absolute Gasteiger partial charge is 0.108 e. The maximum Gasteiger partial charge on any atom is 0.108 e. The van der Waals surface area contributed by atoms with Gasteiger partial charge >= 0.3 is 0 Å². The molecule has 0 saturated carbocycles. The van der Waals surface area contributed by atoms with Crippen LogP contribution in [0, 0.1) is 6.92 Å². The molecule has 0 spiro atoms. The quantitative estimate of drug-likeness (QED) is 0.732. The number of nitrogens with one attached hydrogen (secondary N) is 1. The van der Waals surface area contributed by atoms with Gasteiger partial charge in [-0.1, -0.05) is 12.1 Å². The van der Waals surface area contributed by atoms with E-state index >= 15 is 0 Å². The second-order valence-electron chi connectivity index (χ2n) is 4.36. The zero-order chi connectivity index (χ0) is 13.1. The van der Waals surface area contributed by atoms with E-state index in [0.29, 0.717) is 0 Å². The molecule has 1 aromatic carbocycles. The van der Waals surface area contributed by atoms with E-state index in [0.717, 1.165) is 35.0 Å². The Labute approximate surface area is 120 Å². The standard InChI is InChI=1S/C14H15N3S2/c1-10-16-11(9-18-10)6-7-15-8-14-17-12-4-2-3-5-13(12)19-14/h2-5,9,15H,6-8H2,1H3. The van der Waals surface area contributed by atoms with Gasteiger partial charge in [-0.25, -0.2) is 9.97 Å². The summed E-state index contributed by atoms with van der Waals surface area (Å²) < 4.78 is 1.26. The van der Waals surface area contributed by atoms with Gasteiger partial charge in [0.2, 0.25) is 0 Å². The number of nitrogens with zero attached hydrogens (tertiary/aromatic N) is 2. The molecule has 0 aliphatic heterocycles. The van der Waals surface area contributed by atoms with E-state index in [4.69, 9.17) is 0 Å². The zero-order valence-electron chi connectivity index (χ0n) is 10.7. The van der Waals surface area contributed by atoms with E-state index in [1.54, 1.807) is 22.7 Å². The van der Waals surface area contributed by atoms with Crippen molar-refractivity contribution in [2.75, 3.05) is 6.54 Å². The van der Waals surface area contributed by atoms with Crippen LogP contribution in [0.3, 0.4) is 0 Å². The van der Waals surface area contributed by atoms with E-state index in [9.17, 15) is 0 Å². The van der Waals surface area contributed by atoms with Gasteiger partial charge in [-0.3, -0.25) is 0 Å². The minimum atomic E-state index is 0.836. The summed E-state index contributed by atoms with van der Waals surface area (Å²) in [5, 5.41) is 7.86.